The Bertz CT molecular complexity index is 976. The van der Waals surface area contributed by atoms with E-state index in [0.717, 1.165) is 23.4 Å². The number of aliphatic hydroxyl groups is 2. The summed E-state index contributed by atoms with van der Waals surface area (Å²) < 4.78 is 29.2. The second-order valence-corrected chi connectivity index (χ2v) is 11.0. The zero-order valence-electron chi connectivity index (χ0n) is 18.8. The number of carboxylic acid groups (broad SMARTS) is 1. The quantitative estimate of drug-likeness (QED) is 0.173. The number of nitrogens with one attached hydrogen (secondary N) is 1. The first kappa shape index (κ1) is 28.2. The molecular weight excluding hydrogens is 495 g/mol. The number of rotatable bonds is 12. The average molecular weight is 524 g/mol. The number of ether oxygens (including phenoxy) is 1. The van der Waals surface area contributed by atoms with Crippen molar-refractivity contribution in [3.05, 3.63) is 22.7 Å². The van der Waals surface area contributed by atoms with E-state index < -0.39 is 67.5 Å². The third-order valence-corrected chi connectivity index (χ3v) is 7.91. The second kappa shape index (κ2) is 12.1. The number of carbonyl (C=O) groups excluding carboxylic acids is 1. The SMILES string of the molecule is COC(=O)COP(=O)(N[C@@H](CC(C)C)C(=O)O)OC[C@H]1S[C@@H](n2ccc(N)nc2=O)[C@@H](O)[C@@H]1O. The van der Waals surface area contributed by atoms with Crippen molar-refractivity contribution in [3.63, 3.8) is 0 Å². The van der Waals surface area contributed by atoms with Gasteiger partial charge in [0.25, 0.3) is 0 Å². The van der Waals surface area contributed by atoms with Gasteiger partial charge in [-0.15, -0.1) is 11.8 Å². The van der Waals surface area contributed by atoms with E-state index in [9.17, 15) is 34.3 Å². The molecule has 16 heteroatoms. The maximum absolute atomic E-state index is 13.3. The van der Waals surface area contributed by atoms with Gasteiger partial charge in [0, 0.05) is 6.20 Å². The molecule has 2 heterocycles. The molecule has 0 aliphatic carbocycles. The fourth-order valence-corrected chi connectivity index (χ4v) is 6.06. The molecule has 1 fully saturated rings. The zero-order chi connectivity index (χ0) is 25.6. The second-order valence-electron chi connectivity index (χ2n) is 7.88. The third kappa shape index (κ3) is 7.50. The molecule has 1 aromatic heterocycles. The van der Waals surface area contributed by atoms with Gasteiger partial charge in [-0.25, -0.2) is 19.2 Å². The fraction of sp³-hybridized carbons (Fsp3) is 0.667. The van der Waals surface area contributed by atoms with Crippen LogP contribution in [-0.4, -0.2) is 80.6 Å². The highest BCUT2D eigenvalue weighted by atomic mass is 32.2. The van der Waals surface area contributed by atoms with Crippen molar-refractivity contribution in [1.29, 1.82) is 0 Å². The highest BCUT2D eigenvalue weighted by Gasteiger charge is 2.45. The van der Waals surface area contributed by atoms with Gasteiger partial charge in [-0.1, -0.05) is 13.8 Å². The van der Waals surface area contributed by atoms with Gasteiger partial charge >= 0.3 is 25.4 Å². The van der Waals surface area contributed by atoms with Crippen LogP contribution in [0.25, 0.3) is 0 Å². The molecule has 1 aromatic rings. The Balaban J connectivity index is 2.17. The fourth-order valence-electron chi connectivity index (χ4n) is 3.07. The lowest BCUT2D eigenvalue weighted by molar-refractivity contribution is -0.143. The highest BCUT2D eigenvalue weighted by molar-refractivity contribution is 8.00. The summed E-state index contributed by atoms with van der Waals surface area (Å²) in [6, 6.07) is 0.0344. The molecule has 6 N–H and O–H groups in total. The molecule has 1 unspecified atom stereocenters. The molecule has 6 atom stereocenters. The first-order valence-electron chi connectivity index (χ1n) is 10.2. The van der Waals surface area contributed by atoms with Crippen LogP contribution in [-0.2, 0) is 27.9 Å². The summed E-state index contributed by atoms with van der Waals surface area (Å²) in [5, 5.41) is 30.8. The van der Waals surface area contributed by atoms with Crippen LogP contribution in [0, 0.1) is 5.92 Å². The summed E-state index contributed by atoms with van der Waals surface area (Å²) in [7, 11) is -3.31. The molecule has 1 saturated heterocycles. The minimum atomic E-state index is -4.39. The number of hydrogen-bond donors (Lipinski definition) is 5. The number of methoxy groups -OCH3 is 1. The Morgan fingerprint density at radius 2 is 2.00 bits per heavy atom. The molecule has 34 heavy (non-hydrogen) atoms. The monoisotopic (exact) mass is 524 g/mol. The van der Waals surface area contributed by atoms with Crippen molar-refractivity contribution < 1.29 is 43.3 Å². The van der Waals surface area contributed by atoms with Crippen molar-refractivity contribution in [2.24, 2.45) is 5.92 Å². The molecule has 0 aromatic carbocycles. The van der Waals surface area contributed by atoms with E-state index in [-0.39, 0.29) is 18.2 Å². The van der Waals surface area contributed by atoms with Crippen molar-refractivity contribution in [3.8, 4) is 0 Å². The summed E-state index contributed by atoms with van der Waals surface area (Å²) in [5.41, 5.74) is 4.73. The Hall–Kier alpha value is -2.00. The maximum Gasteiger partial charge on any atom is 0.406 e. The largest absolute Gasteiger partial charge is 0.480 e. The van der Waals surface area contributed by atoms with Crippen molar-refractivity contribution in [2.75, 3.05) is 26.1 Å². The lowest BCUT2D eigenvalue weighted by Gasteiger charge is -2.25. The van der Waals surface area contributed by atoms with Crippen LogP contribution in [0.4, 0.5) is 5.82 Å². The Morgan fingerprint density at radius 1 is 1.32 bits per heavy atom. The lowest BCUT2D eigenvalue weighted by atomic mass is 10.1. The minimum Gasteiger partial charge on any atom is -0.480 e. The summed E-state index contributed by atoms with van der Waals surface area (Å²) in [6.07, 6.45) is -1.41. The van der Waals surface area contributed by atoms with Gasteiger partial charge in [0.05, 0.1) is 25.1 Å². The number of carboxylic acids is 1. The van der Waals surface area contributed by atoms with E-state index in [1.54, 1.807) is 13.8 Å². The summed E-state index contributed by atoms with van der Waals surface area (Å²) in [4.78, 5) is 38.8. The van der Waals surface area contributed by atoms with Gasteiger partial charge < -0.3 is 25.8 Å². The number of anilines is 1. The van der Waals surface area contributed by atoms with Crippen LogP contribution in [0.5, 0.6) is 0 Å². The van der Waals surface area contributed by atoms with Crippen LogP contribution in [0.2, 0.25) is 0 Å². The van der Waals surface area contributed by atoms with Crippen LogP contribution in [0.1, 0.15) is 25.6 Å². The van der Waals surface area contributed by atoms with Crippen molar-refractivity contribution >= 4 is 37.3 Å². The van der Waals surface area contributed by atoms with E-state index in [1.807, 2.05) is 0 Å². The predicted molar refractivity (Wildman–Crippen MR) is 121 cm³/mol. The van der Waals surface area contributed by atoms with Crippen molar-refractivity contribution in [1.82, 2.24) is 14.6 Å². The van der Waals surface area contributed by atoms with Crippen LogP contribution in [0.3, 0.4) is 0 Å². The molecule has 2 rings (SSSR count). The summed E-state index contributed by atoms with van der Waals surface area (Å²) in [6.45, 7) is 2.27. The standard InChI is InChI=1S/C18H29N4O10PS/c1-9(2)6-10(17(26)27)21-33(29,32-8-13(23)30-3)31-7-11-14(24)15(25)16(34-11)22-5-4-12(19)20-18(22)28/h4-5,9-11,14-16,24-25H,6-8H2,1-3H3,(H,21,29)(H,26,27)(H2,19,20,28)/t10-,11+,14+,15-,16+,33?/m0/s1. The average Bonchev–Trinajstić information content (AvgIpc) is 3.04. The third-order valence-electron chi connectivity index (χ3n) is 4.77. The van der Waals surface area contributed by atoms with Gasteiger partial charge in [0.15, 0.2) is 6.61 Å². The number of thioether (sulfide) groups is 1. The Kier molecular flexibility index (Phi) is 10.1. The Morgan fingerprint density at radius 3 is 2.56 bits per heavy atom. The molecule has 192 valence electrons. The van der Waals surface area contributed by atoms with Crippen LogP contribution < -0.4 is 16.5 Å². The molecule has 1 aliphatic rings. The number of carbonyl (C=O) groups is 2. The highest BCUT2D eigenvalue weighted by Crippen LogP contribution is 2.48. The summed E-state index contributed by atoms with van der Waals surface area (Å²) >= 11 is 0.950. The topological polar surface area (TPSA) is 213 Å². The number of nitrogen functional groups attached to an aromatic ring is 1. The number of esters is 1. The molecule has 0 spiro atoms. The number of aliphatic carboxylic acids is 1. The molecular formula is C18H29N4O10PS. The summed E-state index contributed by atoms with van der Waals surface area (Å²) in [5.74, 6) is -2.27. The molecule has 0 amide bonds. The molecule has 0 radical (unpaired) electrons. The maximum atomic E-state index is 13.3. The van der Waals surface area contributed by atoms with E-state index in [2.05, 4.69) is 14.8 Å². The van der Waals surface area contributed by atoms with Crippen molar-refractivity contribution in [2.45, 2.75) is 49.1 Å². The number of aliphatic hydroxyl groups excluding tert-OH is 2. The van der Waals surface area contributed by atoms with Crippen LogP contribution in [0.15, 0.2) is 17.1 Å². The Labute approximate surface area is 199 Å². The normalized spacial score (nSPS) is 25.1. The molecule has 0 saturated carbocycles. The zero-order valence-corrected chi connectivity index (χ0v) is 20.5. The predicted octanol–water partition coefficient (Wildman–Crippen LogP) is -0.435. The smallest absolute Gasteiger partial charge is 0.406 e. The van der Waals surface area contributed by atoms with Gasteiger partial charge in [-0.3, -0.25) is 18.4 Å². The van der Waals surface area contributed by atoms with E-state index in [0.29, 0.717) is 0 Å². The van der Waals surface area contributed by atoms with Crippen LogP contribution >= 0.6 is 19.5 Å². The number of aromatic nitrogens is 2. The molecule has 1 aliphatic heterocycles. The van der Waals surface area contributed by atoms with E-state index in [1.165, 1.54) is 12.3 Å². The van der Waals surface area contributed by atoms with Gasteiger partial charge in [-0.05, 0) is 18.4 Å². The van der Waals surface area contributed by atoms with Gasteiger partial charge in [0.2, 0.25) is 0 Å². The molecule has 0 bridgehead atoms. The number of nitrogens with two attached hydrogens (primary N) is 1. The number of hydrogen-bond acceptors (Lipinski definition) is 12. The number of nitrogens with zero attached hydrogens (tertiary/aromatic N) is 2. The first-order chi connectivity index (χ1) is 15.9. The lowest BCUT2D eigenvalue weighted by Crippen LogP contribution is -2.38. The molecule has 14 nitrogen and oxygen atoms in total. The first-order valence-corrected chi connectivity index (χ1v) is 12.7. The van der Waals surface area contributed by atoms with E-state index in [4.69, 9.17) is 14.8 Å². The minimum absolute atomic E-state index is 0.0108. The van der Waals surface area contributed by atoms with Gasteiger partial charge in [-0.2, -0.15) is 4.98 Å². The van der Waals surface area contributed by atoms with E-state index >= 15 is 0 Å². The van der Waals surface area contributed by atoms with Gasteiger partial charge in [0.1, 0.15) is 23.3 Å².